The lowest BCUT2D eigenvalue weighted by Gasteiger charge is -2.10. The minimum Gasteiger partial charge on any atom is -0.284 e. The van der Waals surface area contributed by atoms with Crippen LogP contribution in [0.5, 0.6) is 0 Å². The number of carbonyl (C=O) groups excluding carboxylic acids is 2. The highest BCUT2D eigenvalue weighted by atomic mass is 32.1. The predicted octanol–water partition coefficient (Wildman–Crippen LogP) is 1.26. The third-order valence-electron chi connectivity index (χ3n) is 2.74. The number of hydrogen-bond acceptors (Lipinski definition) is 4. The molecule has 0 atom stereocenters. The molecule has 0 aliphatic carbocycles. The zero-order valence-electron chi connectivity index (χ0n) is 9.14. The van der Waals surface area contributed by atoms with Crippen LogP contribution in [-0.2, 0) is 6.54 Å². The summed E-state index contributed by atoms with van der Waals surface area (Å²) in [6.45, 7) is 0.0828. The number of rotatable bonds is 2. The van der Waals surface area contributed by atoms with Gasteiger partial charge in [-0.15, -0.1) is 0 Å². The van der Waals surface area contributed by atoms with Gasteiger partial charge in [-0.2, -0.15) is 0 Å². The maximum atomic E-state index is 12.0. The average Bonchev–Trinajstić information content (AvgIpc) is 2.88. The van der Waals surface area contributed by atoms with Crippen molar-refractivity contribution in [2.75, 3.05) is 0 Å². The van der Waals surface area contributed by atoms with Crippen LogP contribution < -0.4 is 0 Å². The number of aromatic nitrogens is 3. The number of nitrogens with zero attached hydrogens (tertiary/aromatic N) is 2. The predicted molar refractivity (Wildman–Crippen MR) is 64.4 cm³/mol. The van der Waals surface area contributed by atoms with Crippen molar-refractivity contribution in [3.05, 3.63) is 46.0 Å². The fourth-order valence-electron chi connectivity index (χ4n) is 1.91. The van der Waals surface area contributed by atoms with Gasteiger partial charge in [0.15, 0.2) is 0 Å². The molecular weight excluding hydrogens is 252 g/mol. The number of H-pyrrole nitrogens is 2. The number of amides is 2. The van der Waals surface area contributed by atoms with Crippen molar-refractivity contribution in [2.45, 2.75) is 6.54 Å². The van der Waals surface area contributed by atoms with Gasteiger partial charge in [-0.1, -0.05) is 12.1 Å². The van der Waals surface area contributed by atoms with E-state index in [-0.39, 0.29) is 18.4 Å². The van der Waals surface area contributed by atoms with Crippen LogP contribution in [-0.4, -0.2) is 31.9 Å². The maximum absolute atomic E-state index is 12.0. The Kier molecular flexibility index (Phi) is 2.34. The van der Waals surface area contributed by atoms with Gasteiger partial charge in [0.2, 0.25) is 4.77 Å². The summed E-state index contributed by atoms with van der Waals surface area (Å²) in [6, 6.07) is 6.75. The highest BCUT2D eigenvalue weighted by molar-refractivity contribution is 7.71. The summed E-state index contributed by atoms with van der Waals surface area (Å²) in [6.07, 6.45) is 0. The summed E-state index contributed by atoms with van der Waals surface area (Å²) in [5.74, 6) is -0.162. The molecule has 2 aromatic rings. The van der Waals surface area contributed by atoms with E-state index in [2.05, 4.69) is 15.2 Å². The minimum absolute atomic E-state index is 0.0828. The van der Waals surface area contributed by atoms with Gasteiger partial charge in [-0.05, 0) is 24.4 Å². The van der Waals surface area contributed by atoms with Gasteiger partial charge in [0.25, 0.3) is 11.8 Å². The molecule has 1 aromatic carbocycles. The lowest BCUT2D eigenvalue weighted by Crippen LogP contribution is -2.29. The Morgan fingerprint density at radius 2 is 1.72 bits per heavy atom. The molecule has 0 saturated carbocycles. The quantitative estimate of drug-likeness (QED) is 0.629. The number of hydrogen-bond donors (Lipinski definition) is 2. The van der Waals surface area contributed by atoms with Crippen molar-refractivity contribution in [1.82, 2.24) is 20.1 Å². The molecule has 1 aromatic heterocycles. The standard InChI is InChI=1S/C11H8N4O2S/c16-9-6-3-1-2-4-7(6)10(17)15(9)5-8-12-11(18)14-13-8/h1-4H,5H2,(H2,12,13,14,18). The fraction of sp³-hybridized carbons (Fsp3) is 0.0909. The molecule has 0 spiro atoms. The molecule has 0 saturated heterocycles. The molecule has 1 aliphatic heterocycles. The summed E-state index contributed by atoms with van der Waals surface area (Å²) < 4.78 is 0.293. The van der Waals surface area contributed by atoms with Gasteiger partial charge in [0, 0.05) is 0 Å². The molecule has 7 heteroatoms. The molecular formula is C11H8N4O2S. The number of aromatic amines is 2. The summed E-state index contributed by atoms with van der Waals surface area (Å²) in [5.41, 5.74) is 0.855. The molecule has 18 heavy (non-hydrogen) atoms. The number of imide groups is 1. The second-order valence-corrected chi connectivity index (χ2v) is 4.24. The zero-order chi connectivity index (χ0) is 12.7. The van der Waals surface area contributed by atoms with Crippen LogP contribution in [0.2, 0.25) is 0 Å². The van der Waals surface area contributed by atoms with Crippen LogP contribution in [0, 0.1) is 4.77 Å². The van der Waals surface area contributed by atoms with Crippen LogP contribution in [0.15, 0.2) is 24.3 Å². The van der Waals surface area contributed by atoms with Gasteiger partial charge in [0.05, 0.1) is 17.7 Å². The third kappa shape index (κ3) is 1.56. The summed E-state index contributed by atoms with van der Waals surface area (Å²) in [5, 5.41) is 5.34. The topological polar surface area (TPSA) is 81.8 Å². The first-order valence-corrected chi connectivity index (χ1v) is 5.66. The molecule has 1 aliphatic rings. The van der Waals surface area contributed by atoms with E-state index in [0.717, 1.165) is 4.90 Å². The first kappa shape index (κ1) is 10.8. The minimum atomic E-state index is -0.307. The van der Waals surface area contributed by atoms with Crippen LogP contribution in [0.1, 0.15) is 26.5 Å². The largest absolute Gasteiger partial charge is 0.284 e. The van der Waals surface area contributed by atoms with Crippen molar-refractivity contribution in [3.8, 4) is 0 Å². The Labute approximate surface area is 107 Å². The Morgan fingerprint density at radius 1 is 1.11 bits per heavy atom. The van der Waals surface area contributed by atoms with E-state index in [9.17, 15) is 9.59 Å². The Hall–Kier alpha value is -2.28. The summed E-state index contributed by atoms with van der Waals surface area (Å²) in [7, 11) is 0. The smallest absolute Gasteiger partial charge is 0.261 e. The van der Waals surface area contributed by atoms with Crippen molar-refractivity contribution in [1.29, 1.82) is 0 Å². The van der Waals surface area contributed by atoms with Crippen molar-refractivity contribution in [3.63, 3.8) is 0 Å². The van der Waals surface area contributed by atoms with Crippen LogP contribution in [0.3, 0.4) is 0 Å². The van der Waals surface area contributed by atoms with Gasteiger partial charge in [0.1, 0.15) is 5.82 Å². The van der Waals surface area contributed by atoms with E-state index in [4.69, 9.17) is 12.2 Å². The van der Waals surface area contributed by atoms with E-state index in [0.29, 0.717) is 21.7 Å². The van der Waals surface area contributed by atoms with Crippen LogP contribution >= 0.6 is 12.2 Å². The van der Waals surface area contributed by atoms with Crippen molar-refractivity contribution < 1.29 is 9.59 Å². The molecule has 0 bridgehead atoms. The average molecular weight is 260 g/mol. The van der Waals surface area contributed by atoms with E-state index < -0.39 is 0 Å². The van der Waals surface area contributed by atoms with Gasteiger partial charge in [-0.25, -0.2) is 4.98 Å². The number of fused-ring (bicyclic) bond motifs is 1. The molecule has 0 fully saturated rings. The summed E-state index contributed by atoms with van der Waals surface area (Å²) in [4.78, 5) is 29.2. The number of nitrogens with one attached hydrogen (secondary N) is 2. The van der Waals surface area contributed by atoms with E-state index >= 15 is 0 Å². The SMILES string of the molecule is O=C1c2ccccc2C(=O)N1Cc1nc(=S)[nH][nH]1. The normalized spacial score (nSPS) is 14.1. The zero-order valence-corrected chi connectivity index (χ0v) is 9.95. The molecule has 0 radical (unpaired) electrons. The van der Waals surface area contributed by atoms with Crippen LogP contribution in [0.25, 0.3) is 0 Å². The molecule has 2 N–H and O–H groups in total. The Bertz CT molecular complexity index is 668. The summed E-state index contributed by atoms with van der Waals surface area (Å²) >= 11 is 4.82. The maximum Gasteiger partial charge on any atom is 0.261 e. The first-order valence-electron chi connectivity index (χ1n) is 5.25. The lowest BCUT2D eigenvalue weighted by atomic mass is 10.1. The van der Waals surface area contributed by atoms with Gasteiger partial charge in [-0.3, -0.25) is 24.7 Å². The van der Waals surface area contributed by atoms with E-state index in [1.807, 2.05) is 0 Å². The van der Waals surface area contributed by atoms with Gasteiger partial charge >= 0.3 is 0 Å². The first-order chi connectivity index (χ1) is 8.66. The van der Waals surface area contributed by atoms with Gasteiger partial charge < -0.3 is 0 Å². The monoisotopic (exact) mass is 260 g/mol. The molecule has 0 unspecified atom stereocenters. The number of benzene rings is 1. The second-order valence-electron chi connectivity index (χ2n) is 3.86. The molecule has 3 rings (SSSR count). The molecule has 6 nitrogen and oxygen atoms in total. The Morgan fingerprint density at radius 3 is 2.22 bits per heavy atom. The second kappa shape index (κ2) is 3.88. The lowest BCUT2D eigenvalue weighted by molar-refractivity contribution is 0.0638. The third-order valence-corrected chi connectivity index (χ3v) is 2.93. The van der Waals surface area contributed by atoms with Crippen molar-refractivity contribution in [2.24, 2.45) is 0 Å². The number of carbonyl (C=O) groups is 2. The van der Waals surface area contributed by atoms with Crippen molar-refractivity contribution >= 4 is 24.0 Å². The highest BCUT2D eigenvalue weighted by Crippen LogP contribution is 2.23. The fourth-order valence-corrected chi connectivity index (χ4v) is 2.07. The highest BCUT2D eigenvalue weighted by Gasteiger charge is 2.35. The molecule has 2 heterocycles. The Balaban J connectivity index is 1.95. The van der Waals surface area contributed by atoms with Crippen LogP contribution in [0.4, 0.5) is 0 Å². The van der Waals surface area contributed by atoms with E-state index in [1.54, 1.807) is 24.3 Å². The molecule has 90 valence electrons. The van der Waals surface area contributed by atoms with E-state index in [1.165, 1.54) is 0 Å². The molecule has 2 amide bonds.